The number of hydrogen-bond donors (Lipinski definition) is 2. The van der Waals surface area contributed by atoms with E-state index >= 15 is 0 Å². The van der Waals surface area contributed by atoms with Crippen molar-refractivity contribution in [2.24, 2.45) is 5.73 Å². The van der Waals surface area contributed by atoms with Crippen molar-refractivity contribution in [3.8, 4) is 5.75 Å². The maximum atomic E-state index is 12.0. The van der Waals surface area contributed by atoms with Crippen LogP contribution in [0.5, 0.6) is 5.75 Å². The zero-order chi connectivity index (χ0) is 14.3. The molecule has 1 aromatic carbocycles. The number of amides is 2. The van der Waals surface area contributed by atoms with Crippen LogP contribution in [0.15, 0.2) is 24.3 Å². The number of urea groups is 1. The lowest BCUT2D eigenvalue weighted by atomic mass is 10.3. The predicted molar refractivity (Wildman–Crippen MR) is 74.5 cm³/mol. The topological polar surface area (TPSA) is 76.8 Å². The van der Waals surface area contributed by atoms with Gasteiger partial charge >= 0.3 is 6.03 Å². The van der Waals surface area contributed by atoms with E-state index in [2.05, 4.69) is 5.32 Å². The molecule has 0 radical (unpaired) electrons. The second-order valence-electron chi connectivity index (χ2n) is 4.23. The molecular weight excluding hydrogens is 246 g/mol. The lowest BCUT2D eigenvalue weighted by Gasteiger charge is -2.22. The number of para-hydroxylation sites is 2. The van der Waals surface area contributed by atoms with Crippen molar-refractivity contribution in [1.82, 2.24) is 4.90 Å². The van der Waals surface area contributed by atoms with E-state index in [0.29, 0.717) is 24.6 Å². The van der Waals surface area contributed by atoms with Gasteiger partial charge in [-0.15, -0.1) is 0 Å². The normalized spacial score (nSPS) is 11.8. The molecule has 0 spiro atoms. The molecule has 0 saturated heterocycles. The van der Waals surface area contributed by atoms with E-state index in [0.717, 1.165) is 0 Å². The first kappa shape index (κ1) is 15.3. The van der Waals surface area contributed by atoms with Gasteiger partial charge in [0.25, 0.3) is 0 Å². The quantitative estimate of drug-likeness (QED) is 0.810. The number of nitrogens with one attached hydrogen (secondary N) is 1. The highest BCUT2D eigenvalue weighted by molar-refractivity contribution is 5.90. The summed E-state index contributed by atoms with van der Waals surface area (Å²) in [6.07, 6.45) is 0. The van der Waals surface area contributed by atoms with Crippen molar-refractivity contribution in [1.29, 1.82) is 0 Å². The first-order chi connectivity index (χ1) is 9.08. The van der Waals surface area contributed by atoms with Crippen LogP contribution in [0, 0.1) is 0 Å². The summed E-state index contributed by atoms with van der Waals surface area (Å²) in [5.74, 6) is 0.616. The van der Waals surface area contributed by atoms with Crippen molar-refractivity contribution in [2.75, 3.05) is 39.7 Å². The fourth-order valence-electron chi connectivity index (χ4n) is 1.66. The number of nitrogens with two attached hydrogens (primary N) is 1. The summed E-state index contributed by atoms with van der Waals surface area (Å²) in [6.45, 7) is 0.821. The van der Waals surface area contributed by atoms with Gasteiger partial charge in [-0.25, -0.2) is 4.79 Å². The van der Waals surface area contributed by atoms with Crippen LogP contribution in [0.1, 0.15) is 0 Å². The number of carbonyl (C=O) groups is 1. The molecule has 106 valence electrons. The summed E-state index contributed by atoms with van der Waals surface area (Å²) >= 11 is 0. The Hall–Kier alpha value is -1.79. The highest BCUT2D eigenvalue weighted by atomic mass is 16.5. The minimum absolute atomic E-state index is 0.210. The Morgan fingerprint density at radius 2 is 2.11 bits per heavy atom. The third-order valence-corrected chi connectivity index (χ3v) is 2.58. The number of ether oxygens (including phenoxy) is 2. The number of rotatable bonds is 6. The maximum Gasteiger partial charge on any atom is 0.321 e. The molecule has 0 aliphatic heterocycles. The van der Waals surface area contributed by atoms with Crippen molar-refractivity contribution < 1.29 is 14.3 Å². The monoisotopic (exact) mass is 267 g/mol. The van der Waals surface area contributed by atoms with Gasteiger partial charge in [-0.3, -0.25) is 0 Å². The van der Waals surface area contributed by atoms with Crippen molar-refractivity contribution in [3.05, 3.63) is 24.3 Å². The summed E-state index contributed by atoms with van der Waals surface area (Å²) in [6, 6.07) is 6.78. The van der Waals surface area contributed by atoms with Crippen LogP contribution >= 0.6 is 0 Å². The summed E-state index contributed by atoms with van der Waals surface area (Å²) in [7, 11) is 4.82. The zero-order valence-electron chi connectivity index (χ0n) is 11.6. The molecule has 0 aliphatic rings. The highest BCUT2D eigenvalue weighted by Gasteiger charge is 2.14. The Kier molecular flexibility index (Phi) is 6.11. The molecule has 6 nitrogen and oxygen atoms in total. The average molecular weight is 267 g/mol. The standard InChI is InChI=1S/C13H21N3O3/c1-16(8-10(14)9-18-2)13(17)15-11-6-4-5-7-12(11)19-3/h4-7,10H,8-9,14H2,1-3H3,(H,15,17). The number of anilines is 1. The third kappa shape index (κ3) is 4.76. The Balaban J connectivity index is 2.58. The van der Waals surface area contributed by atoms with Gasteiger partial charge in [-0.05, 0) is 12.1 Å². The molecule has 6 heteroatoms. The molecule has 1 aromatic rings. The lowest BCUT2D eigenvalue weighted by molar-refractivity contribution is 0.164. The van der Waals surface area contributed by atoms with E-state index in [1.54, 1.807) is 33.4 Å². The van der Waals surface area contributed by atoms with Gasteiger partial charge in [-0.2, -0.15) is 0 Å². The molecule has 2 amide bonds. The minimum Gasteiger partial charge on any atom is -0.495 e. The predicted octanol–water partition coefficient (Wildman–Crippen LogP) is 1.13. The van der Waals surface area contributed by atoms with Crippen LogP contribution in [-0.4, -0.2) is 51.4 Å². The van der Waals surface area contributed by atoms with Gasteiger partial charge in [0, 0.05) is 26.7 Å². The molecule has 0 aliphatic carbocycles. The van der Waals surface area contributed by atoms with E-state index < -0.39 is 0 Å². The average Bonchev–Trinajstić information content (AvgIpc) is 2.39. The molecule has 0 heterocycles. The van der Waals surface area contributed by atoms with Gasteiger partial charge in [0.15, 0.2) is 0 Å². The molecule has 1 unspecified atom stereocenters. The molecule has 0 fully saturated rings. The van der Waals surface area contributed by atoms with E-state index in [4.69, 9.17) is 15.2 Å². The first-order valence-electron chi connectivity index (χ1n) is 5.98. The maximum absolute atomic E-state index is 12.0. The fourth-order valence-corrected chi connectivity index (χ4v) is 1.66. The second kappa shape index (κ2) is 7.60. The molecule has 3 N–H and O–H groups in total. The Bertz CT molecular complexity index is 412. The van der Waals surface area contributed by atoms with E-state index in [1.165, 1.54) is 4.90 Å². The van der Waals surface area contributed by atoms with Crippen molar-refractivity contribution in [2.45, 2.75) is 6.04 Å². The molecule has 0 bridgehead atoms. The highest BCUT2D eigenvalue weighted by Crippen LogP contribution is 2.23. The van der Waals surface area contributed by atoms with Crippen LogP contribution in [0.4, 0.5) is 10.5 Å². The Morgan fingerprint density at radius 1 is 1.42 bits per heavy atom. The van der Waals surface area contributed by atoms with Crippen LogP contribution in [0.3, 0.4) is 0 Å². The second-order valence-corrected chi connectivity index (χ2v) is 4.23. The smallest absolute Gasteiger partial charge is 0.321 e. The Labute approximate surface area is 113 Å². The molecule has 1 atom stereocenters. The fraction of sp³-hybridized carbons (Fsp3) is 0.462. The summed E-state index contributed by atoms with van der Waals surface area (Å²) in [4.78, 5) is 13.5. The molecule has 0 saturated carbocycles. The molecule has 0 aromatic heterocycles. The van der Waals surface area contributed by atoms with Crippen molar-refractivity contribution >= 4 is 11.7 Å². The number of methoxy groups -OCH3 is 2. The van der Waals surface area contributed by atoms with E-state index in [1.807, 2.05) is 12.1 Å². The Morgan fingerprint density at radius 3 is 2.74 bits per heavy atom. The SMILES string of the molecule is COCC(N)CN(C)C(=O)Nc1ccccc1OC. The number of benzene rings is 1. The minimum atomic E-state index is -0.240. The number of carbonyl (C=O) groups excluding carboxylic acids is 1. The van der Waals surface area contributed by atoms with Gasteiger partial charge in [-0.1, -0.05) is 12.1 Å². The molecule has 1 rings (SSSR count). The van der Waals surface area contributed by atoms with Crippen molar-refractivity contribution in [3.63, 3.8) is 0 Å². The third-order valence-electron chi connectivity index (χ3n) is 2.58. The van der Waals surface area contributed by atoms with Gasteiger partial charge in [0.2, 0.25) is 0 Å². The van der Waals surface area contributed by atoms with Crippen LogP contribution in [-0.2, 0) is 4.74 Å². The summed E-state index contributed by atoms with van der Waals surface area (Å²) in [5.41, 5.74) is 6.43. The van der Waals surface area contributed by atoms with Gasteiger partial charge in [0.1, 0.15) is 5.75 Å². The number of likely N-dealkylation sites (N-methyl/N-ethyl adjacent to an activating group) is 1. The van der Waals surface area contributed by atoms with Gasteiger partial charge in [0.05, 0.1) is 19.4 Å². The van der Waals surface area contributed by atoms with Crippen LogP contribution < -0.4 is 15.8 Å². The summed E-state index contributed by atoms with van der Waals surface area (Å²) in [5, 5.41) is 2.77. The zero-order valence-corrected chi connectivity index (χ0v) is 11.6. The summed E-state index contributed by atoms with van der Waals surface area (Å²) < 4.78 is 10.1. The lowest BCUT2D eigenvalue weighted by Crippen LogP contribution is -2.42. The largest absolute Gasteiger partial charge is 0.495 e. The number of nitrogens with zero attached hydrogens (tertiary/aromatic N) is 1. The van der Waals surface area contributed by atoms with Crippen LogP contribution in [0.25, 0.3) is 0 Å². The van der Waals surface area contributed by atoms with E-state index in [9.17, 15) is 4.79 Å². The first-order valence-corrected chi connectivity index (χ1v) is 5.98. The van der Waals surface area contributed by atoms with Gasteiger partial charge < -0.3 is 25.4 Å². The number of hydrogen-bond acceptors (Lipinski definition) is 4. The molecular formula is C13H21N3O3. The van der Waals surface area contributed by atoms with E-state index in [-0.39, 0.29) is 12.1 Å². The molecule has 19 heavy (non-hydrogen) atoms. The van der Waals surface area contributed by atoms with Crippen LogP contribution in [0.2, 0.25) is 0 Å².